The molecule has 0 atom stereocenters. The minimum absolute atomic E-state index is 0.159. The third kappa shape index (κ3) is 5.62. The van der Waals surface area contributed by atoms with Gasteiger partial charge in [-0.05, 0) is 78.9 Å². The number of carbonyl (C=O) groups excluding carboxylic acids is 1. The van der Waals surface area contributed by atoms with Crippen molar-refractivity contribution < 1.29 is 31.5 Å². The van der Waals surface area contributed by atoms with Crippen LogP contribution in [0.25, 0.3) is 22.3 Å². The zero-order chi connectivity index (χ0) is 27.7. The number of nitrogens with one attached hydrogen (secondary N) is 1. The van der Waals surface area contributed by atoms with Gasteiger partial charge in [-0.2, -0.15) is 0 Å². The molecule has 1 heterocycles. The molecule has 1 aromatic heterocycles. The van der Waals surface area contributed by atoms with Gasteiger partial charge >= 0.3 is 0 Å². The monoisotopic (exact) mass is 552 g/mol. The normalized spacial score (nSPS) is 13.4. The summed E-state index contributed by atoms with van der Waals surface area (Å²) in [6.45, 7) is 0.389. The lowest BCUT2D eigenvalue weighted by molar-refractivity contribution is 0.0964. The first-order valence-electron chi connectivity index (χ1n) is 12.5. The molecule has 10 heteroatoms. The summed E-state index contributed by atoms with van der Waals surface area (Å²) in [4.78, 5) is 13.1. The van der Waals surface area contributed by atoms with Gasteiger partial charge in [0.25, 0.3) is 5.91 Å². The quantitative estimate of drug-likeness (QED) is 0.272. The number of ether oxygens (including phenoxy) is 2. The second-order valence-corrected chi connectivity index (χ2v) is 11.4. The van der Waals surface area contributed by atoms with Crippen LogP contribution in [0.3, 0.4) is 0 Å². The number of furan rings is 1. The predicted molar refractivity (Wildman–Crippen MR) is 148 cm³/mol. The summed E-state index contributed by atoms with van der Waals surface area (Å²) in [7, 11) is -0.523. The van der Waals surface area contributed by atoms with Crippen LogP contribution in [0, 0.1) is 5.82 Å². The minimum atomic E-state index is -3.60. The molecular formula is C29H29FN2O6S. The zero-order valence-electron chi connectivity index (χ0n) is 21.9. The van der Waals surface area contributed by atoms with Crippen LogP contribution in [0.2, 0.25) is 0 Å². The molecule has 0 saturated heterocycles. The fourth-order valence-electron chi connectivity index (χ4n) is 4.59. The third-order valence-corrected chi connectivity index (χ3v) is 7.82. The van der Waals surface area contributed by atoms with Crippen molar-refractivity contribution in [2.24, 2.45) is 0 Å². The van der Waals surface area contributed by atoms with E-state index >= 15 is 0 Å². The van der Waals surface area contributed by atoms with Crippen molar-refractivity contribution in [2.45, 2.75) is 18.8 Å². The highest BCUT2D eigenvalue weighted by molar-refractivity contribution is 7.92. The van der Waals surface area contributed by atoms with Crippen molar-refractivity contribution in [2.75, 3.05) is 37.9 Å². The predicted octanol–water partition coefficient (Wildman–Crippen LogP) is 5.68. The number of methoxy groups -OCH3 is 1. The Morgan fingerprint density at radius 2 is 1.72 bits per heavy atom. The van der Waals surface area contributed by atoms with Gasteiger partial charge in [0.1, 0.15) is 28.7 Å². The molecule has 39 heavy (non-hydrogen) atoms. The Bertz CT molecular complexity index is 1610. The lowest BCUT2D eigenvalue weighted by Crippen LogP contribution is -2.33. The third-order valence-electron chi connectivity index (χ3n) is 6.64. The number of hydrogen-bond acceptors (Lipinski definition) is 6. The lowest BCUT2D eigenvalue weighted by Gasteiger charge is -2.25. The number of benzene rings is 3. The van der Waals surface area contributed by atoms with Gasteiger partial charge in [0.2, 0.25) is 10.0 Å². The van der Waals surface area contributed by atoms with E-state index in [4.69, 9.17) is 13.9 Å². The van der Waals surface area contributed by atoms with Crippen LogP contribution in [0.4, 0.5) is 10.1 Å². The lowest BCUT2D eigenvalue weighted by atomic mass is 10.0. The molecule has 1 N–H and O–H groups in total. The van der Waals surface area contributed by atoms with Crippen molar-refractivity contribution in [1.29, 1.82) is 0 Å². The van der Waals surface area contributed by atoms with E-state index in [1.54, 1.807) is 37.4 Å². The van der Waals surface area contributed by atoms with Gasteiger partial charge < -0.3 is 19.2 Å². The average molecular weight is 553 g/mol. The summed E-state index contributed by atoms with van der Waals surface area (Å²) in [5.74, 6) is 0.917. The second-order valence-electron chi connectivity index (χ2n) is 9.48. The molecule has 1 amide bonds. The fraction of sp³-hybridized carbons (Fsp3) is 0.276. The summed E-state index contributed by atoms with van der Waals surface area (Å²) in [6.07, 6.45) is 3.05. The highest BCUT2D eigenvalue weighted by atomic mass is 32.2. The molecule has 0 radical (unpaired) electrons. The first-order chi connectivity index (χ1) is 18.7. The molecule has 0 aliphatic heterocycles. The summed E-state index contributed by atoms with van der Waals surface area (Å²) >= 11 is 0. The SMILES string of the molecule is CNC(=O)c1c(-c2ccc(Oc3ccc(F)cc3)cc2)oc2cc(N(CCOC)S(C)(=O)=O)c(C3CC3)cc12. The van der Waals surface area contributed by atoms with E-state index in [0.717, 1.165) is 18.4 Å². The number of anilines is 1. The molecule has 0 spiro atoms. The van der Waals surface area contributed by atoms with Crippen LogP contribution in [0.5, 0.6) is 11.5 Å². The van der Waals surface area contributed by atoms with Crippen molar-refractivity contribution >= 4 is 32.6 Å². The van der Waals surface area contributed by atoms with Crippen LogP contribution in [0.15, 0.2) is 65.1 Å². The molecule has 204 valence electrons. The van der Waals surface area contributed by atoms with Gasteiger partial charge in [0, 0.05) is 31.2 Å². The number of halogens is 1. The maximum Gasteiger partial charge on any atom is 0.255 e. The van der Waals surface area contributed by atoms with Gasteiger partial charge in [-0.15, -0.1) is 0 Å². The number of sulfonamides is 1. The van der Waals surface area contributed by atoms with E-state index < -0.39 is 10.0 Å². The Labute approximate surface area is 226 Å². The van der Waals surface area contributed by atoms with E-state index in [2.05, 4.69) is 5.32 Å². The second kappa shape index (κ2) is 10.7. The van der Waals surface area contributed by atoms with E-state index in [1.807, 2.05) is 6.07 Å². The summed E-state index contributed by atoms with van der Waals surface area (Å²) in [5, 5.41) is 3.31. The largest absolute Gasteiger partial charge is 0.457 e. The highest BCUT2D eigenvalue weighted by Crippen LogP contribution is 2.48. The first kappa shape index (κ1) is 26.7. The van der Waals surface area contributed by atoms with Crippen molar-refractivity contribution in [3.63, 3.8) is 0 Å². The van der Waals surface area contributed by atoms with Crippen LogP contribution >= 0.6 is 0 Å². The summed E-state index contributed by atoms with van der Waals surface area (Å²) < 4.78 is 57.2. The Balaban J connectivity index is 1.60. The van der Waals surface area contributed by atoms with Crippen molar-refractivity contribution in [3.8, 4) is 22.8 Å². The van der Waals surface area contributed by atoms with E-state index in [-0.39, 0.29) is 30.8 Å². The molecule has 8 nitrogen and oxygen atoms in total. The Hall–Kier alpha value is -3.89. The molecule has 3 aromatic carbocycles. The van der Waals surface area contributed by atoms with Crippen LogP contribution in [0.1, 0.15) is 34.7 Å². The average Bonchev–Trinajstić information content (AvgIpc) is 3.69. The molecular weight excluding hydrogens is 523 g/mol. The molecule has 1 aliphatic rings. The molecule has 1 saturated carbocycles. The maximum atomic E-state index is 13.2. The molecule has 5 rings (SSSR count). The van der Waals surface area contributed by atoms with Gasteiger partial charge in [-0.3, -0.25) is 9.10 Å². The van der Waals surface area contributed by atoms with E-state index in [9.17, 15) is 17.6 Å². The zero-order valence-corrected chi connectivity index (χ0v) is 22.7. The topological polar surface area (TPSA) is 98.1 Å². The number of amides is 1. The van der Waals surface area contributed by atoms with Gasteiger partial charge in [-0.1, -0.05) is 0 Å². The van der Waals surface area contributed by atoms with Crippen LogP contribution in [-0.4, -0.2) is 47.9 Å². The number of hydrogen-bond donors (Lipinski definition) is 1. The van der Waals surface area contributed by atoms with Crippen molar-refractivity contribution in [1.82, 2.24) is 5.32 Å². The summed E-state index contributed by atoms with van der Waals surface area (Å²) in [5.41, 5.74) is 2.82. The first-order valence-corrected chi connectivity index (χ1v) is 14.4. The number of carbonyl (C=O) groups is 1. The van der Waals surface area contributed by atoms with E-state index in [0.29, 0.717) is 45.0 Å². The molecule has 0 bridgehead atoms. The van der Waals surface area contributed by atoms with Gasteiger partial charge in [0.15, 0.2) is 0 Å². The summed E-state index contributed by atoms with van der Waals surface area (Å²) in [6, 6.07) is 16.3. The van der Waals surface area contributed by atoms with E-state index in [1.165, 1.54) is 41.9 Å². The highest BCUT2D eigenvalue weighted by Gasteiger charge is 2.33. The Kier molecular flexibility index (Phi) is 7.33. The molecule has 1 aliphatic carbocycles. The van der Waals surface area contributed by atoms with Crippen molar-refractivity contribution in [3.05, 3.63) is 77.6 Å². The minimum Gasteiger partial charge on any atom is -0.457 e. The number of rotatable bonds is 10. The van der Waals surface area contributed by atoms with Crippen LogP contribution in [-0.2, 0) is 14.8 Å². The Morgan fingerprint density at radius 3 is 2.28 bits per heavy atom. The molecule has 4 aromatic rings. The molecule has 0 unspecified atom stereocenters. The fourth-order valence-corrected chi connectivity index (χ4v) is 5.51. The van der Waals surface area contributed by atoms with Crippen LogP contribution < -0.4 is 14.4 Å². The molecule has 1 fully saturated rings. The van der Waals surface area contributed by atoms with Gasteiger partial charge in [-0.25, -0.2) is 12.8 Å². The maximum absolute atomic E-state index is 13.2. The number of nitrogens with zero attached hydrogens (tertiary/aromatic N) is 1. The number of fused-ring (bicyclic) bond motifs is 1. The standard InChI is InChI=1S/C29H29FN2O6S/c1-31-29(33)27-24-16-23(18-4-5-18)25(32(14-15-36-2)39(3,34)35)17-26(24)38-28(27)19-6-10-21(11-7-19)37-22-12-8-20(30)9-13-22/h6-13,16-18H,4-5,14-15H2,1-3H3,(H,31,33). The Morgan fingerprint density at radius 1 is 1.08 bits per heavy atom. The van der Waals surface area contributed by atoms with Gasteiger partial charge in [0.05, 0.1) is 30.7 Å². The smallest absolute Gasteiger partial charge is 0.255 e.